The summed E-state index contributed by atoms with van der Waals surface area (Å²) >= 11 is 4.54. The van der Waals surface area contributed by atoms with Crippen molar-refractivity contribution in [1.29, 1.82) is 0 Å². The molecule has 0 bridgehead atoms. The van der Waals surface area contributed by atoms with E-state index in [0.717, 1.165) is 21.4 Å². The minimum atomic E-state index is -0.403. The number of hydrogen-bond donors (Lipinski definition) is 0. The number of thiazole rings is 1. The van der Waals surface area contributed by atoms with E-state index in [4.69, 9.17) is 0 Å². The molecular weight excluding hydrogens is 342 g/mol. The van der Waals surface area contributed by atoms with Crippen molar-refractivity contribution in [3.8, 4) is 0 Å². The molecule has 0 aliphatic carbocycles. The number of rotatable bonds is 1. The SMILES string of the molecule is Cc1nn2c(=O)c(=Cc3cccc(Br)c3)sc2nc1=O. The van der Waals surface area contributed by atoms with Crippen molar-refractivity contribution in [1.82, 2.24) is 14.6 Å². The molecule has 0 saturated heterocycles. The second-order valence-electron chi connectivity index (χ2n) is 4.17. The Bertz CT molecular complexity index is 977. The van der Waals surface area contributed by atoms with Crippen molar-refractivity contribution >= 4 is 38.3 Å². The third-order valence-electron chi connectivity index (χ3n) is 2.69. The van der Waals surface area contributed by atoms with Crippen LogP contribution in [0.25, 0.3) is 11.0 Å². The predicted octanol–water partition coefficient (Wildman–Crippen LogP) is 1.13. The topological polar surface area (TPSA) is 64.3 Å². The molecule has 1 aromatic carbocycles. The summed E-state index contributed by atoms with van der Waals surface area (Å²) in [4.78, 5) is 27.8. The lowest BCUT2D eigenvalue weighted by Gasteiger charge is -1.92. The Hall–Kier alpha value is -1.86. The lowest BCUT2D eigenvalue weighted by Crippen LogP contribution is -2.27. The molecule has 0 unspecified atom stereocenters. The van der Waals surface area contributed by atoms with Crippen molar-refractivity contribution in [2.24, 2.45) is 0 Å². The maximum atomic E-state index is 12.2. The van der Waals surface area contributed by atoms with Crippen LogP contribution in [0.3, 0.4) is 0 Å². The summed E-state index contributed by atoms with van der Waals surface area (Å²) in [6.07, 6.45) is 1.76. The molecule has 100 valence electrons. The third-order valence-corrected chi connectivity index (χ3v) is 4.14. The molecule has 3 aromatic rings. The first kappa shape index (κ1) is 13.1. The van der Waals surface area contributed by atoms with Gasteiger partial charge in [-0.05, 0) is 30.7 Å². The second-order valence-corrected chi connectivity index (χ2v) is 6.09. The highest BCUT2D eigenvalue weighted by atomic mass is 79.9. The van der Waals surface area contributed by atoms with Crippen LogP contribution < -0.4 is 15.7 Å². The number of halogens is 1. The molecular formula is C13H8BrN3O2S. The van der Waals surface area contributed by atoms with Gasteiger partial charge < -0.3 is 0 Å². The fraction of sp³-hybridized carbons (Fsp3) is 0.0769. The van der Waals surface area contributed by atoms with Crippen LogP contribution in [0.15, 0.2) is 38.3 Å². The van der Waals surface area contributed by atoms with Crippen LogP contribution in [-0.2, 0) is 0 Å². The van der Waals surface area contributed by atoms with Gasteiger partial charge in [-0.25, -0.2) is 0 Å². The van der Waals surface area contributed by atoms with E-state index in [1.54, 1.807) is 6.08 Å². The first-order chi connectivity index (χ1) is 9.54. The predicted molar refractivity (Wildman–Crippen MR) is 81.1 cm³/mol. The van der Waals surface area contributed by atoms with E-state index < -0.39 is 5.56 Å². The van der Waals surface area contributed by atoms with E-state index in [1.807, 2.05) is 24.3 Å². The fourth-order valence-electron chi connectivity index (χ4n) is 1.73. The molecule has 0 aliphatic heterocycles. The Labute approximate surface area is 125 Å². The van der Waals surface area contributed by atoms with Crippen molar-refractivity contribution in [3.63, 3.8) is 0 Å². The molecule has 0 N–H and O–H groups in total. The average molecular weight is 350 g/mol. The molecule has 0 aliphatic rings. The smallest absolute Gasteiger partial charge is 0.266 e. The number of hydrogen-bond acceptors (Lipinski definition) is 5. The van der Waals surface area contributed by atoms with Crippen LogP contribution >= 0.6 is 27.3 Å². The Morgan fingerprint density at radius 2 is 2.15 bits per heavy atom. The number of aromatic nitrogens is 3. The van der Waals surface area contributed by atoms with Gasteiger partial charge in [-0.15, -0.1) is 0 Å². The summed E-state index contributed by atoms with van der Waals surface area (Å²) in [7, 11) is 0. The zero-order valence-electron chi connectivity index (χ0n) is 10.3. The van der Waals surface area contributed by atoms with Crippen LogP contribution in [0.5, 0.6) is 0 Å². The van der Waals surface area contributed by atoms with Gasteiger partial charge in [0.25, 0.3) is 11.1 Å². The highest BCUT2D eigenvalue weighted by molar-refractivity contribution is 9.10. The van der Waals surface area contributed by atoms with Gasteiger partial charge in [-0.1, -0.05) is 39.4 Å². The van der Waals surface area contributed by atoms with Gasteiger partial charge >= 0.3 is 0 Å². The van der Waals surface area contributed by atoms with Crippen LogP contribution in [0.2, 0.25) is 0 Å². The molecule has 0 radical (unpaired) electrons. The summed E-state index contributed by atoms with van der Waals surface area (Å²) in [5.41, 5.74) is 0.440. The summed E-state index contributed by atoms with van der Waals surface area (Å²) in [5, 5.41) is 3.96. The Morgan fingerprint density at radius 3 is 2.90 bits per heavy atom. The Kier molecular flexibility index (Phi) is 3.23. The molecule has 2 aromatic heterocycles. The third kappa shape index (κ3) is 2.30. The van der Waals surface area contributed by atoms with Gasteiger partial charge in [0.1, 0.15) is 5.69 Å². The van der Waals surface area contributed by atoms with E-state index >= 15 is 0 Å². The molecule has 5 nitrogen and oxygen atoms in total. The number of benzene rings is 1. The zero-order valence-corrected chi connectivity index (χ0v) is 12.7. The lowest BCUT2D eigenvalue weighted by molar-refractivity contribution is 0.833. The minimum absolute atomic E-state index is 0.214. The van der Waals surface area contributed by atoms with Gasteiger partial charge in [0, 0.05) is 4.47 Å². The van der Waals surface area contributed by atoms with Crippen molar-refractivity contribution < 1.29 is 0 Å². The summed E-state index contributed by atoms with van der Waals surface area (Å²) in [5.74, 6) is 0. The van der Waals surface area contributed by atoms with Crippen molar-refractivity contribution in [2.75, 3.05) is 0 Å². The second kappa shape index (κ2) is 4.92. The quantitative estimate of drug-likeness (QED) is 0.660. The van der Waals surface area contributed by atoms with Crippen LogP contribution in [0, 0.1) is 6.92 Å². The maximum absolute atomic E-state index is 12.2. The molecule has 0 spiro atoms. The van der Waals surface area contributed by atoms with E-state index in [2.05, 4.69) is 26.0 Å². The van der Waals surface area contributed by atoms with Gasteiger partial charge in [0.15, 0.2) is 0 Å². The largest absolute Gasteiger partial charge is 0.295 e. The average Bonchev–Trinajstić information content (AvgIpc) is 2.68. The van der Waals surface area contributed by atoms with E-state index in [0.29, 0.717) is 9.49 Å². The summed E-state index contributed by atoms with van der Waals surface area (Å²) in [6.45, 7) is 1.54. The normalized spacial score (nSPS) is 12.2. The first-order valence-electron chi connectivity index (χ1n) is 5.72. The summed E-state index contributed by atoms with van der Waals surface area (Å²) < 4.78 is 2.60. The molecule has 0 fully saturated rings. The van der Waals surface area contributed by atoms with Gasteiger partial charge in [-0.3, -0.25) is 9.59 Å². The van der Waals surface area contributed by atoms with E-state index in [-0.39, 0.29) is 11.3 Å². The van der Waals surface area contributed by atoms with Crippen LogP contribution in [0.1, 0.15) is 11.3 Å². The standard InChI is InChI=1S/C13H8BrN3O2S/c1-7-11(18)15-13-17(16-7)12(19)10(20-13)6-8-3-2-4-9(14)5-8/h2-6H,1H3. The molecule has 20 heavy (non-hydrogen) atoms. The molecule has 0 atom stereocenters. The lowest BCUT2D eigenvalue weighted by atomic mass is 10.2. The van der Waals surface area contributed by atoms with Gasteiger partial charge in [-0.2, -0.15) is 14.6 Å². The van der Waals surface area contributed by atoms with Gasteiger partial charge in [0.2, 0.25) is 4.96 Å². The van der Waals surface area contributed by atoms with Crippen molar-refractivity contribution in [2.45, 2.75) is 6.92 Å². The van der Waals surface area contributed by atoms with E-state index in [9.17, 15) is 9.59 Å². The Morgan fingerprint density at radius 1 is 1.35 bits per heavy atom. The van der Waals surface area contributed by atoms with Crippen LogP contribution in [0.4, 0.5) is 0 Å². The number of fused-ring (bicyclic) bond motifs is 1. The highest BCUT2D eigenvalue weighted by Gasteiger charge is 2.08. The number of aryl methyl sites for hydroxylation is 1. The molecule has 0 amide bonds. The van der Waals surface area contributed by atoms with Gasteiger partial charge in [0.05, 0.1) is 4.53 Å². The number of nitrogens with zero attached hydrogens (tertiary/aromatic N) is 3. The maximum Gasteiger partial charge on any atom is 0.295 e. The molecule has 7 heteroatoms. The minimum Gasteiger partial charge on any atom is -0.266 e. The Balaban J connectivity index is 2.30. The van der Waals surface area contributed by atoms with Crippen LogP contribution in [-0.4, -0.2) is 14.6 Å². The summed E-state index contributed by atoms with van der Waals surface area (Å²) in [6, 6.07) is 7.59. The molecule has 2 heterocycles. The molecule has 0 saturated carbocycles. The highest BCUT2D eigenvalue weighted by Crippen LogP contribution is 2.12. The first-order valence-corrected chi connectivity index (χ1v) is 7.33. The fourth-order valence-corrected chi connectivity index (χ4v) is 3.06. The van der Waals surface area contributed by atoms with E-state index in [1.165, 1.54) is 11.4 Å². The van der Waals surface area contributed by atoms with Crippen molar-refractivity contribution in [3.05, 3.63) is 65.2 Å². The monoisotopic (exact) mass is 349 g/mol. The zero-order chi connectivity index (χ0) is 14.3. The molecule has 3 rings (SSSR count).